The van der Waals surface area contributed by atoms with Crippen LogP contribution in [0.3, 0.4) is 0 Å². The van der Waals surface area contributed by atoms with Crippen LogP contribution in [0.1, 0.15) is 133 Å². The Balaban J connectivity index is 1.69. The number of carbonyl (C=O) groups is 4. The Morgan fingerprint density at radius 2 is 1.55 bits per heavy atom. The molecule has 0 saturated heterocycles. The van der Waals surface area contributed by atoms with Gasteiger partial charge in [0, 0.05) is 24.2 Å². The van der Waals surface area contributed by atoms with Gasteiger partial charge in [-0.3, -0.25) is 19.2 Å². The fraction of sp³-hybridized carbons (Fsp3) is 0.846. The summed E-state index contributed by atoms with van der Waals surface area (Å²) in [7, 11) is 1.22. The van der Waals surface area contributed by atoms with Crippen molar-refractivity contribution in [2.75, 3.05) is 7.11 Å². The standard InChI is InChI=1S/C39H62O10/c1-22(12-15-29(41)35(5,6)45)24-16-17-38(9)25-13-14-28-34(3,4)33(48-23(2)40)27(49-32(44)21-36(7,46)20-31(43)47-11)19-37(28,8)26(25)18-30(42)39(24,38)10/h22,24,27-28,30,33,42,45-46H,12-21H2,1-11H3/t22-,24-,27-,28+,30-,33+,36-,37-,38+,39+/m1/s1. The third kappa shape index (κ3) is 6.99. The second-order valence-electron chi connectivity index (χ2n) is 18.0. The van der Waals surface area contributed by atoms with Crippen LogP contribution in [0, 0.1) is 39.4 Å². The highest BCUT2D eigenvalue weighted by atomic mass is 16.6. The van der Waals surface area contributed by atoms with E-state index in [0.717, 1.165) is 25.7 Å². The van der Waals surface area contributed by atoms with Gasteiger partial charge in [0.1, 0.15) is 17.8 Å². The van der Waals surface area contributed by atoms with Crippen LogP contribution in [-0.4, -0.2) is 75.6 Å². The van der Waals surface area contributed by atoms with Crippen LogP contribution in [0.2, 0.25) is 0 Å². The molecule has 10 heteroatoms. The van der Waals surface area contributed by atoms with Crippen molar-refractivity contribution in [3.63, 3.8) is 0 Å². The van der Waals surface area contributed by atoms with Gasteiger partial charge in [-0.2, -0.15) is 0 Å². The third-order valence-electron chi connectivity index (χ3n) is 13.8. The molecule has 0 aromatic rings. The average molecular weight is 691 g/mol. The molecule has 2 saturated carbocycles. The van der Waals surface area contributed by atoms with Gasteiger partial charge in [0.05, 0.1) is 31.7 Å². The first-order valence-electron chi connectivity index (χ1n) is 18.2. The van der Waals surface area contributed by atoms with Crippen LogP contribution >= 0.6 is 0 Å². The highest BCUT2D eigenvalue weighted by Gasteiger charge is 2.68. The van der Waals surface area contributed by atoms with Gasteiger partial charge in [-0.15, -0.1) is 0 Å². The molecule has 0 aliphatic heterocycles. The smallest absolute Gasteiger partial charge is 0.309 e. The Hall–Kier alpha value is -2.30. The van der Waals surface area contributed by atoms with E-state index in [-0.39, 0.29) is 35.4 Å². The molecular formula is C39H62O10. The number of Topliss-reactive ketones (excluding diaryl/α,β-unsaturated/α-hetero) is 1. The zero-order chi connectivity index (χ0) is 37.1. The highest BCUT2D eigenvalue weighted by Crippen LogP contribution is 2.72. The molecule has 278 valence electrons. The molecule has 0 bridgehead atoms. The minimum atomic E-state index is -1.68. The lowest BCUT2D eigenvalue weighted by Crippen LogP contribution is -2.62. The molecule has 49 heavy (non-hydrogen) atoms. The largest absolute Gasteiger partial charge is 0.469 e. The molecule has 2 fully saturated rings. The number of rotatable bonds is 11. The number of hydrogen-bond acceptors (Lipinski definition) is 10. The van der Waals surface area contributed by atoms with Crippen molar-refractivity contribution in [3.05, 3.63) is 11.1 Å². The summed E-state index contributed by atoms with van der Waals surface area (Å²) in [6.45, 7) is 18.9. The number of esters is 3. The van der Waals surface area contributed by atoms with Crippen LogP contribution in [0.15, 0.2) is 11.1 Å². The summed E-state index contributed by atoms with van der Waals surface area (Å²) >= 11 is 0. The molecule has 4 rings (SSSR count). The first-order chi connectivity index (χ1) is 22.3. The van der Waals surface area contributed by atoms with Crippen molar-refractivity contribution in [1.82, 2.24) is 0 Å². The summed E-state index contributed by atoms with van der Waals surface area (Å²) in [5.41, 5.74) is -2.19. The maximum Gasteiger partial charge on any atom is 0.309 e. The summed E-state index contributed by atoms with van der Waals surface area (Å²) in [6, 6.07) is 0. The van der Waals surface area contributed by atoms with Crippen molar-refractivity contribution in [3.8, 4) is 0 Å². The average Bonchev–Trinajstić information content (AvgIpc) is 3.25. The van der Waals surface area contributed by atoms with E-state index in [9.17, 15) is 34.5 Å². The van der Waals surface area contributed by atoms with E-state index in [1.807, 2.05) is 0 Å². The number of fused-ring (bicyclic) bond motifs is 4. The Kier molecular flexibility index (Phi) is 10.8. The number of allylic oxidation sites excluding steroid dienone is 1. The number of hydrogen-bond donors (Lipinski definition) is 3. The number of aliphatic hydroxyl groups is 3. The van der Waals surface area contributed by atoms with Gasteiger partial charge in [-0.05, 0) is 94.3 Å². The summed E-state index contributed by atoms with van der Waals surface area (Å²) < 4.78 is 16.7. The van der Waals surface area contributed by atoms with Gasteiger partial charge >= 0.3 is 17.9 Å². The second-order valence-corrected chi connectivity index (χ2v) is 18.0. The number of carbonyl (C=O) groups excluding carboxylic acids is 4. The van der Waals surface area contributed by atoms with E-state index in [0.29, 0.717) is 25.7 Å². The predicted molar refractivity (Wildman–Crippen MR) is 183 cm³/mol. The Morgan fingerprint density at radius 3 is 2.12 bits per heavy atom. The van der Waals surface area contributed by atoms with E-state index in [1.165, 1.54) is 46.0 Å². The number of ketones is 1. The fourth-order valence-electron chi connectivity index (χ4n) is 11.1. The summed E-state index contributed by atoms with van der Waals surface area (Å²) in [5.74, 6) is -1.52. The van der Waals surface area contributed by atoms with E-state index < -0.39 is 70.1 Å². The number of aliphatic hydroxyl groups excluding tert-OH is 1. The minimum Gasteiger partial charge on any atom is -0.469 e. The molecule has 0 radical (unpaired) electrons. The maximum absolute atomic E-state index is 13.4. The summed E-state index contributed by atoms with van der Waals surface area (Å²) in [4.78, 5) is 50.2. The molecular weight excluding hydrogens is 628 g/mol. The van der Waals surface area contributed by atoms with Crippen molar-refractivity contribution >= 4 is 23.7 Å². The predicted octanol–water partition coefficient (Wildman–Crippen LogP) is 5.62. The topological polar surface area (TPSA) is 157 Å². The van der Waals surface area contributed by atoms with Crippen LogP contribution < -0.4 is 0 Å². The normalized spacial score (nSPS) is 37.1. The van der Waals surface area contributed by atoms with Gasteiger partial charge in [0.25, 0.3) is 0 Å². The van der Waals surface area contributed by atoms with Crippen molar-refractivity contribution < 1.29 is 48.7 Å². The molecule has 4 aliphatic rings. The second kappa shape index (κ2) is 13.4. The highest BCUT2D eigenvalue weighted by molar-refractivity contribution is 5.86. The van der Waals surface area contributed by atoms with Crippen LogP contribution in [-0.2, 0) is 33.4 Å². The molecule has 10 atom stereocenters. The number of methoxy groups -OCH3 is 1. The van der Waals surface area contributed by atoms with Gasteiger partial charge < -0.3 is 29.5 Å². The quantitative estimate of drug-likeness (QED) is 0.141. The number of ether oxygens (including phenoxy) is 3. The Morgan fingerprint density at radius 1 is 0.939 bits per heavy atom. The fourth-order valence-corrected chi connectivity index (χ4v) is 11.1. The van der Waals surface area contributed by atoms with Crippen LogP contribution in [0.4, 0.5) is 0 Å². The van der Waals surface area contributed by atoms with Gasteiger partial charge in [0.15, 0.2) is 5.78 Å². The van der Waals surface area contributed by atoms with Gasteiger partial charge in [-0.25, -0.2) is 0 Å². The molecule has 10 nitrogen and oxygen atoms in total. The van der Waals surface area contributed by atoms with E-state index >= 15 is 0 Å². The molecule has 0 heterocycles. The van der Waals surface area contributed by atoms with Crippen LogP contribution in [0.25, 0.3) is 0 Å². The van der Waals surface area contributed by atoms with E-state index in [1.54, 1.807) is 0 Å². The zero-order valence-corrected chi connectivity index (χ0v) is 31.7. The lowest BCUT2D eigenvalue weighted by Gasteiger charge is -2.64. The van der Waals surface area contributed by atoms with Gasteiger partial charge in [-0.1, -0.05) is 52.7 Å². The molecule has 0 spiro atoms. The first kappa shape index (κ1) is 39.5. The molecule has 0 aromatic carbocycles. The maximum atomic E-state index is 13.4. The summed E-state index contributed by atoms with van der Waals surface area (Å²) in [5, 5.41) is 33.3. The lowest BCUT2D eigenvalue weighted by molar-refractivity contribution is -0.208. The Labute approximate surface area is 292 Å². The molecule has 0 unspecified atom stereocenters. The third-order valence-corrected chi connectivity index (χ3v) is 13.8. The monoisotopic (exact) mass is 690 g/mol. The van der Waals surface area contributed by atoms with E-state index in [2.05, 4.69) is 46.3 Å². The van der Waals surface area contributed by atoms with Crippen LogP contribution in [0.5, 0.6) is 0 Å². The Bertz CT molecular complexity index is 1360. The molecule has 4 aliphatic carbocycles. The van der Waals surface area contributed by atoms with Gasteiger partial charge in [0.2, 0.25) is 0 Å². The zero-order valence-electron chi connectivity index (χ0n) is 31.7. The molecule has 0 amide bonds. The van der Waals surface area contributed by atoms with Crippen molar-refractivity contribution in [1.29, 1.82) is 0 Å². The SMILES string of the molecule is COC(=O)C[C@@](C)(O)CC(=O)O[C@@H]1C[C@]2(C)C3=C(CC[C@H]2C(C)(C)[C@H]1OC(C)=O)[C@]1(C)CC[C@H]([C@H](C)CCC(=O)C(C)(C)O)[C@@]1(C)[C@H](O)C3. The minimum absolute atomic E-state index is 0.0737. The van der Waals surface area contributed by atoms with E-state index in [4.69, 9.17) is 9.47 Å². The molecule has 0 aromatic heterocycles. The lowest BCUT2D eigenvalue weighted by atomic mass is 9.42. The van der Waals surface area contributed by atoms with Crippen molar-refractivity contribution in [2.45, 2.75) is 163 Å². The summed E-state index contributed by atoms with van der Waals surface area (Å²) in [6.07, 6.45) is 2.44. The van der Waals surface area contributed by atoms with Crippen molar-refractivity contribution in [2.24, 2.45) is 39.4 Å². The first-order valence-corrected chi connectivity index (χ1v) is 18.2. The molecule has 3 N–H and O–H groups in total.